The van der Waals surface area contributed by atoms with E-state index in [1.54, 1.807) is 0 Å². The molecular weight excluding hydrogens is 392 g/mol. The third kappa shape index (κ3) is 3.92. The summed E-state index contributed by atoms with van der Waals surface area (Å²) in [5.41, 5.74) is 2.76. The lowest BCUT2D eigenvalue weighted by Gasteiger charge is -2.34. The molecule has 0 N–H and O–H groups in total. The van der Waals surface area contributed by atoms with Crippen molar-refractivity contribution in [1.29, 1.82) is 0 Å². The van der Waals surface area contributed by atoms with E-state index in [1.165, 1.54) is 22.2 Å². The molecule has 0 bridgehead atoms. The Bertz CT molecular complexity index is 1080. The van der Waals surface area contributed by atoms with Crippen LogP contribution in [0.2, 0.25) is 0 Å². The average molecular weight is 417 g/mol. The molecule has 0 spiro atoms. The van der Waals surface area contributed by atoms with E-state index in [0.717, 1.165) is 5.69 Å². The summed E-state index contributed by atoms with van der Waals surface area (Å²) in [6.45, 7) is 7.96. The predicted molar refractivity (Wildman–Crippen MR) is 108 cm³/mol. The minimum absolute atomic E-state index is 0.0937. The molecule has 1 aromatic carbocycles. The summed E-state index contributed by atoms with van der Waals surface area (Å²) in [5.74, 6) is 0.845. The number of anilines is 1. The van der Waals surface area contributed by atoms with E-state index in [-0.39, 0.29) is 16.9 Å². The van der Waals surface area contributed by atoms with E-state index in [0.29, 0.717) is 37.6 Å². The van der Waals surface area contributed by atoms with Crippen LogP contribution in [-0.2, 0) is 10.0 Å². The largest absolute Gasteiger partial charge is 0.451 e. The van der Waals surface area contributed by atoms with Gasteiger partial charge in [0.15, 0.2) is 0 Å². The normalized spacial score (nSPS) is 15.9. The van der Waals surface area contributed by atoms with Gasteiger partial charge in [-0.2, -0.15) is 4.31 Å². The molecule has 8 nitrogen and oxygen atoms in total. The Balaban J connectivity index is 1.46. The summed E-state index contributed by atoms with van der Waals surface area (Å²) in [5, 5.41) is 7.84. The van der Waals surface area contributed by atoms with Gasteiger partial charge in [0.1, 0.15) is 6.26 Å². The molecule has 29 heavy (non-hydrogen) atoms. The van der Waals surface area contributed by atoms with Crippen LogP contribution in [0, 0.1) is 6.92 Å². The maximum Gasteiger partial charge on any atom is 0.276 e. The zero-order chi connectivity index (χ0) is 20.6. The van der Waals surface area contributed by atoms with Crippen molar-refractivity contribution >= 4 is 15.7 Å². The summed E-state index contributed by atoms with van der Waals surface area (Å²) in [6, 6.07) is 9.69. The van der Waals surface area contributed by atoms with Crippen molar-refractivity contribution in [3.05, 3.63) is 48.0 Å². The van der Waals surface area contributed by atoms with Gasteiger partial charge in [-0.1, -0.05) is 31.5 Å². The highest BCUT2D eigenvalue weighted by Gasteiger charge is 2.31. The van der Waals surface area contributed by atoms with Crippen molar-refractivity contribution in [2.75, 3.05) is 31.1 Å². The molecule has 9 heteroatoms. The molecule has 1 aliphatic heterocycles. The number of hydrogen-bond acceptors (Lipinski definition) is 7. The van der Waals surface area contributed by atoms with Crippen molar-refractivity contribution in [1.82, 2.24) is 14.5 Å². The van der Waals surface area contributed by atoms with Gasteiger partial charge in [-0.3, -0.25) is 0 Å². The zero-order valence-electron chi connectivity index (χ0n) is 16.7. The molecular formula is C20H24N4O4S. The third-order valence-corrected chi connectivity index (χ3v) is 6.76. The second-order valence-corrected chi connectivity index (χ2v) is 9.35. The van der Waals surface area contributed by atoms with E-state index < -0.39 is 10.0 Å². The topological polar surface area (TPSA) is 92.7 Å². The van der Waals surface area contributed by atoms with E-state index in [2.05, 4.69) is 39.4 Å². The minimum atomic E-state index is -3.72. The fourth-order valence-corrected chi connectivity index (χ4v) is 4.56. The third-order valence-electron chi connectivity index (χ3n) is 4.99. The number of aryl methyl sites for hydroxylation is 1. The fourth-order valence-electron chi connectivity index (χ4n) is 3.22. The Hall–Kier alpha value is -2.65. The molecule has 3 heterocycles. The zero-order valence-corrected chi connectivity index (χ0v) is 17.5. The van der Waals surface area contributed by atoms with Crippen LogP contribution in [0.15, 0.2) is 50.5 Å². The van der Waals surface area contributed by atoms with Gasteiger partial charge in [0, 0.05) is 43.9 Å². The standard InChI is InChI=1S/C20H24N4O4S/c1-14(2)19-21-22-20(28-19)16-12-18(27-13-16)29(25,26)24-10-8-23(9-11-24)17-6-4-15(3)5-7-17/h4-7,12-14H,8-11H2,1-3H3. The van der Waals surface area contributed by atoms with Crippen LogP contribution in [0.5, 0.6) is 0 Å². The molecule has 1 aliphatic rings. The van der Waals surface area contributed by atoms with Gasteiger partial charge in [0.2, 0.25) is 11.0 Å². The molecule has 4 rings (SSSR count). The minimum Gasteiger partial charge on any atom is -0.451 e. The number of benzene rings is 1. The lowest BCUT2D eigenvalue weighted by Crippen LogP contribution is -2.48. The molecule has 0 radical (unpaired) electrons. The first-order chi connectivity index (χ1) is 13.8. The van der Waals surface area contributed by atoms with Crippen molar-refractivity contribution in [3.8, 4) is 11.5 Å². The molecule has 0 atom stereocenters. The lowest BCUT2D eigenvalue weighted by molar-refractivity contribution is 0.362. The number of sulfonamides is 1. The Kier molecular flexibility index (Phi) is 5.18. The maximum atomic E-state index is 13.0. The van der Waals surface area contributed by atoms with Crippen molar-refractivity contribution in [3.63, 3.8) is 0 Å². The van der Waals surface area contributed by atoms with Crippen LogP contribution in [0.3, 0.4) is 0 Å². The number of aromatic nitrogens is 2. The molecule has 0 unspecified atom stereocenters. The van der Waals surface area contributed by atoms with Crippen molar-refractivity contribution in [2.24, 2.45) is 0 Å². The van der Waals surface area contributed by atoms with E-state index in [9.17, 15) is 8.42 Å². The Morgan fingerprint density at radius 3 is 2.34 bits per heavy atom. The van der Waals surface area contributed by atoms with Crippen LogP contribution in [0.1, 0.15) is 31.2 Å². The smallest absolute Gasteiger partial charge is 0.276 e. The van der Waals surface area contributed by atoms with Gasteiger partial charge >= 0.3 is 0 Å². The van der Waals surface area contributed by atoms with Gasteiger partial charge in [0.05, 0.1) is 5.56 Å². The number of hydrogen-bond donors (Lipinski definition) is 0. The molecule has 0 aliphatic carbocycles. The maximum absolute atomic E-state index is 13.0. The Morgan fingerprint density at radius 2 is 1.72 bits per heavy atom. The Labute approximate surface area is 170 Å². The van der Waals surface area contributed by atoms with Crippen LogP contribution in [0.25, 0.3) is 11.5 Å². The number of rotatable bonds is 5. The highest BCUT2D eigenvalue weighted by molar-refractivity contribution is 7.89. The van der Waals surface area contributed by atoms with Gasteiger partial charge in [-0.05, 0) is 19.1 Å². The molecule has 3 aromatic rings. The molecule has 1 fully saturated rings. The first kappa shape index (κ1) is 19.7. The van der Waals surface area contributed by atoms with E-state index in [4.69, 9.17) is 8.83 Å². The fraction of sp³-hybridized carbons (Fsp3) is 0.400. The molecule has 2 aromatic heterocycles. The number of furan rings is 1. The lowest BCUT2D eigenvalue weighted by atomic mass is 10.2. The number of nitrogens with zero attached hydrogens (tertiary/aromatic N) is 4. The van der Waals surface area contributed by atoms with Gasteiger partial charge in [0.25, 0.3) is 15.9 Å². The molecule has 0 amide bonds. The Morgan fingerprint density at radius 1 is 1.03 bits per heavy atom. The second kappa shape index (κ2) is 7.64. The first-order valence-corrected chi connectivity index (χ1v) is 11.0. The van der Waals surface area contributed by atoms with Crippen LogP contribution < -0.4 is 4.90 Å². The van der Waals surface area contributed by atoms with Gasteiger partial charge in [-0.25, -0.2) is 8.42 Å². The molecule has 0 saturated carbocycles. The van der Waals surface area contributed by atoms with Gasteiger partial charge < -0.3 is 13.7 Å². The second-order valence-electron chi connectivity index (χ2n) is 7.48. The summed E-state index contributed by atoms with van der Waals surface area (Å²) in [6.07, 6.45) is 1.34. The quantitative estimate of drug-likeness (QED) is 0.630. The summed E-state index contributed by atoms with van der Waals surface area (Å²) < 4.78 is 38.3. The SMILES string of the molecule is Cc1ccc(N2CCN(S(=O)(=O)c3cc(-c4nnc(C(C)C)o4)co3)CC2)cc1. The van der Waals surface area contributed by atoms with Crippen LogP contribution >= 0.6 is 0 Å². The first-order valence-electron chi connectivity index (χ1n) is 9.58. The molecule has 154 valence electrons. The highest BCUT2D eigenvalue weighted by atomic mass is 32.2. The van der Waals surface area contributed by atoms with Crippen molar-refractivity contribution < 1.29 is 17.3 Å². The summed E-state index contributed by atoms with van der Waals surface area (Å²) >= 11 is 0. The summed E-state index contributed by atoms with van der Waals surface area (Å²) in [4.78, 5) is 2.19. The average Bonchev–Trinajstić information content (AvgIpc) is 3.39. The van der Waals surface area contributed by atoms with Crippen molar-refractivity contribution in [2.45, 2.75) is 31.8 Å². The summed E-state index contributed by atoms with van der Waals surface area (Å²) in [7, 11) is -3.72. The van der Waals surface area contributed by atoms with E-state index in [1.807, 2.05) is 20.8 Å². The van der Waals surface area contributed by atoms with Gasteiger partial charge in [-0.15, -0.1) is 10.2 Å². The highest BCUT2D eigenvalue weighted by Crippen LogP contribution is 2.28. The molecule has 1 saturated heterocycles. The predicted octanol–water partition coefficient (Wildman–Crippen LogP) is 3.27. The number of piperazine rings is 1. The van der Waals surface area contributed by atoms with Crippen LogP contribution in [-0.4, -0.2) is 49.1 Å². The monoisotopic (exact) mass is 416 g/mol. The van der Waals surface area contributed by atoms with E-state index >= 15 is 0 Å². The van der Waals surface area contributed by atoms with Crippen LogP contribution in [0.4, 0.5) is 5.69 Å².